The first-order valence-electron chi connectivity index (χ1n) is 10.5. The molecule has 1 aliphatic heterocycles. The third-order valence-electron chi connectivity index (χ3n) is 5.95. The molecular weight excluding hydrogens is 348 g/mol. The van der Waals surface area contributed by atoms with Crippen LogP contribution in [0.1, 0.15) is 24.1 Å². The fourth-order valence-electron chi connectivity index (χ4n) is 4.20. The van der Waals surface area contributed by atoms with Gasteiger partial charge in [0.2, 0.25) is 0 Å². The quantitative estimate of drug-likeness (QED) is 0.831. The average molecular weight is 381 g/mol. The first-order chi connectivity index (χ1) is 13.7. The Bertz CT molecular complexity index is 765. The minimum atomic E-state index is 0.945. The van der Waals surface area contributed by atoms with Crippen molar-refractivity contribution in [1.29, 1.82) is 0 Å². The Kier molecular flexibility index (Phi) is 5.95. The predicted octanol–water partition coefficient (Wildman–Crippen LogP) is 2.66. The van der Waals surface area contributed by atoms with E-state index in [2.05, 4.69) is 68.3 Å². The van der Waals surface area contributed by atoms with Crippen LogP contribution in [0.2, 0.25) is 0 Å². The Labute approximate surface area is 168 Å². The van der Waals surface area contributed by atoms with Crippen LogP contribution >= 0.6 is 0 Å². The van der Waals surface area contributed by atoms with Gasteiger partial charge < -0.3 is 15.1 Å². The summed E-state index contributed by atoms with van der Waals surface area (Å²) in [4.78, 5) is 16.1. The molecule has 2 aromatic rings. The molecule has 1 aliphatic carbocycles. The maximum Gasteiger partial charge on any atom is 0.132 e. The number of hydrogen-bond acceptors (Lipinski definition) is 6. The smallest absolute Gasteiger partial charge is 0.132 e. The summed E-state index contributed by atoms with van der Waals surface area (Å²) in [5.41, 5.74) is 5.17. The molecule has 6 heteroatoms. The largest absolute Gasteiger partial charge is 0.378 e. The van der Waals surface area contributed by atoms with Crippen LogP contribution in [0.25, 0.3) is 0 Å². The van der Waals surface area contributed by atoms with Gasteiger partial charge in [-0.15, -0.1) is 0 Å². The van der Waals surface area contributed by atoms with Crippen molar-refractivity contribution < 1.29 is 0 Å². The highest BCUT2D eigenvalue weighted by atomic mass is 15.3. The van der Waals surface area contributed by atoms with Crippen molar-refractivity contribution in [3.05, 3.63) is 41.9 Å². The second kappa shape index (κ2) is 8.78. The maximum absolute atomic E-state index is 4.49. The molecule has 0 saturated carbocycles. The van der Waals surface area contributed by atoms with E-state index in [0.29, 0.717) is 0 Å². The lowest BCUT2D eigenvalue weighted by Crippen LogP contribution is -2.47. The molecule has 0 bridgehead atoms. The SMILES string of the molecule is CN(C)c1ccc(N2CCN(CCNc3ncnc4c3CCCC4)CC2)cc1. The molecule has 0 spiro atoms. The Morgan fingerprint density at radius 1 is 0.964 bits per heavy atom. The number of fused-ring (bicyclic) bond motifs is 1. The van der Waals surface area contributed by atoms with E-state index in [1.165, 1.54) is 35.5 Å². The van der Waals surface area contributed by atoms with Crippen molar-refractivity contribution in [2.24, 2.45) is 0 Å². The summed E-state index contributed by atoms with van der Waals surface area (Å²) in [5.74, 6) is 1.06. The summed E-state index contributed by atoms with van der Waals surface area (Å²) >= 11 is 0. The monoisotopic (exact) mass is 380 g/mol. The standard InChI is InChI=1S/C22H32N6/c1-26(2)18-7-9-19(10-8-18)28-15-13-27(14-16-28)12-11-23-22-20-5-3-4-6-21(20)24-17-25-22/h7-10,17H,3-6,11-16H2,1-2H3,(H,23,24,25). The predicted molar refractivity (Wildman–Crippen MR) is 117 cm³/mol. The molecule has 1 fully saturated rings. The zero-order valence-electron chi connectivity index (χ0n) is 17.2. The van der Waals surface area contributed by atoms with Crippen LogP contribution in [0.4, 0.5) is 17.2 Å². The maximum atomic E-state index is 4.49. The van der Waals surface area contributed by atoms with Crippen LogP contribution in [0, 0.1) is 0 Å². The zero-order valence-corrected chi connectivity index (χ0v) is 17.2. The molecule has 0 atom stereocenters. The number of piperazine rings is 1. The van der Waals surface area contributed by atoms with E-state index in [4.69, 9.17) is 0 Å². The lowest BCUT2D eigenvalue weighted by Gasteiger charge is -2.36. The summed E-state index contributed by atoms with van der Waals surface area (Å²) in [7, 11) is 4.16. The Balaban J connectivity index is 1.24. The number of hydrogen-bond donors (Lipinski definition) is 1. The minimum Gasteiger partial charge on any atom is -0.378 e. The number of rotatable bonds is 6. The lowest BCUT2D eigenvalue weighted by molar-refractivity contribution is 0.267. The van der Waals surface area contributed by atoms with E-state index in [1.807, 2.05) is 0 Å². The molecule has 1 aromatic carbocycles. The van der Waals surface area contributed by atoms with Crippen LogP contribution in [0.5, 0.6) is 0 Å². The third kappa shape index (κ3) is 4.38. The van der Waals surface area contributed by atoms with Crippen molar-refractivity contribution in [3.63, 3.8) is 0 Å². The highest BCUT2D eigenvalue weighted by Crippen LogP contribution is 2.24. The Hall–Kier alpha value is -2.34. The number of anilines is 3. The number of nitrogens with one attached hydrogen (secondary N) is 1. The van der Waals surface area contributed by atoms with Gasteiger partial charge in [0.1, 0.15) is 12.1 Å². The minimum absolute atomic E-state index is 0.945. The fourth-order valence-corrected chi connectivity index (χ4v) is 4.20. The van der Waals surface area contributed by atoms with E-state index in [9.17, 15) is 0 Å². The summed E-state index contributed by atoms with van der Waals surface area (Å²) < 4.78 is 0. The molecule has 6 nitrogen and oxygen atoms in total. The van der Waals surface area contributed by atoms with Gasteiger partial charge in [-0.05, 0) is 49.9 Å². The number of benzene rings is 1. The first kappa shape index (κ1) is 19.0. The van der Waals surface area contributed by atoms with Gasteiger partial charge in [0, 0.05) is 76.0 Å². The summed E-state index contributed by atoms with van der Waals surface area (Å²) in [6.45, 7) is 6.40. The van der Waals surface area contributed by atoms with Crippen molar-refractivity contribution in [2.45, 2.75) is 25.7 Å². The second-order valence-electron chi connectivity index (χ2n) is 8.02. The van der Waals surface area contributed by atoms with Gasteiger partial charge in [0.25, 0.3) is 0 Å². The molecule has 1 saturated heterocycles. The molecular formula is C22H32N6. The van der Waals surface area contributed by atoms with Crippen LogP contribution < -0.4 is 15.1 Å². The van der Waals surface area contributed by atoms with Gasteiger partial charge in [-0.1, -0.05) is 0 Å². The Morgan fingerprint density at radius 3 is 2.46 bits per heavy atom. The molecule has 2 heterocycles. The topological polar surface area (TPSA) is 47.5 Å². The molecule has 28 heavy (non-hydrogen) atoms. The zero-order chi connectivity index (χ0) is 19.3. The molecule has 4 rings (SSSR count). The van der Waals surface area contributed by atoms with E-state index < -0.39 is 0 Å². The van der Waals surface area contributed by atoms with Crippen molar-refractivity contribution >= 4 is 17.2 Å². The van der Waals surface area contributed by atoms with Gasteiger partial charge in [0.15, 0.2) is 0 Å². The van der Waals surface area contributed by atoms with Crippen LogP contribution in [0.15, 0.2) is 30.6 Å². The average Bonchev–Trinajstić information content (AvgIpc) is 2.74. The molecule has 1 aromatic heterocycles. The molecule has 1 N–H and O–H groups in total. The number of aryl methyl sites for hydroxylation is 1. The van der Waals surface area contributed by atoms with Crippen LogP contribution in [0.3, 0.4) is 0 Å². The highest BCUT2D eigenvalue weighted by Gasteiger charge is 2.18. The van der Waals surface area contributed by atoms with Crippen molar-refractivity contribution in [1.82, 2.24) is 14.9 Å². The number of nitrogens with zero attached hydrogens (tertiary/aromatic N) is 5. The van der Waals surface area contributed by atoms with Gasteiger partial charge in [-0.25, -0.2) is 9.97 Å². The summed E-state index contributed by atoms with van der Waals surface area (Å²) in [6, 6.07) is 8.89. The molecule has 0 radical (unpaired) electrons. The molecule has 0 unspecified atom stereocenters. The van der Waals surface area contributed by atoms with E-state index in [0.717, 1.165) is 57.9 Å². The summed E-state index contributed by atoms with van der Waals surface area (Å²) in [6.07, 6.45) is 6.44. The fraction of sp³-hybridized carbons (Fsp3) is 0.545. The van der Waals surface area contributed by atoms with Crippen LogP contribution in [-0.4, -0.2) is 68.2 Å². The van der Waals surface area contributed by atoms with E-state index >= 15 is 0 Å². The lowest BCUT2D eigenvalue weighted by atomic mass is 9.96. The third-order valence-corrected chi connectivity index (χ3v) is 5.95. The number of aromatic nitrogens is 2. The summed E-state index contributed by atoms with van der Waals surface area (Å²) in [5, 5.41) is 3.57. The molecule has 150 valence electrons. The van der Waals surface area contributed by atoms with E-state index in [-0.39, 0.29) is 0 Å². The Morgan fingerprint density at radius 2 is 1.71 bits per heavy atom. The molecule has 0 amide bonds. The van der Waals surface area contributed by atoms with Gasteiger partial charge in [0.05, 0.1) is 0 Å². The molecule has 2 aliphatic rings. The van der Waals surface area contributed by atoms with Gasteiger partial charge in [-0.2, -0.15) is 0 Å². The highest BCUT2D eigenvalue weighted by molar-refractivity contribution is 5.56. The van der Waals surface area contributed by atoms with Crippen molar-refractivity contribution in [3.8, 4) is 0 Å². The van der Waals surface area contributed by atoms with Gasteiger partial charge in [-0.3, -0.25) is 4.90 Å². The van der Waals surface area contributed by atoms with Crippen molar-refractivity contribution in [2.75, 3.05) is 68.5 Å². The van der Waals surface area contributed by atoms with Gasteiger partial charge >= 0.3 is 0 Å². The first-order valence-corrected chi connectivity index (χ1v) is 10.5. The van der Waals surface area contributed by atoms with E-state index in [1.54, 1.807) is 6.33 Å². The van der Waals surface area contributed by atoms with Crippen LogP contribution in [-0.2, 0) is 12.8 Å². The second-order valence-corrected chi connectivity index (χ2v) is 8.02. The normalized spacial score (nSPS) is 17.3.